The molecule has 2 unspecified atom stereocenters. The van der Waals surface area contributed by atoms with Gasteiger partial charge in [-0.15, -0.1) is 0 Å². The molecule has 0 amide bonds. The number of hydrogen-bond donors (Lipinski definition) is 1. The lowest BCUT2D eigenvalue weighted by Gasteiger charge is -2.38. The van der Waals surface area contributed by atoms with Gasteiger partial charge < -0.3 is 19.3 Å². The summed E-state index contributed by atoms with van der Waals surface area (Å²) in [4.78, 5) is 2.23. The van der Waals surface area contributed by atoms with Crippen LogP contribution in [0.15, 0.2) is 24.3 Å². The van der Waals surface area contributed by atoms with Gasteiger partial charge in [0.15, 0.2) is 6.29 Å². The van der Waals surface area contributed by atoms with Gasteiger partial charge in [-0.05, 0) is 43.7 Å². The Kier molecular flexibility index (Phi) is 5.83. The number of piperidine rings is 1. The van der Waals surface area contributed by atoms with E-state index in [4.69, 9.17) is 14.2 Å². The molecule has 1 aromatic rings. The van der Waals surface area contributed by atoms with Crippen molar-refractivity contribution in [3.05, 3.63) is 30.1 Å². The number of halogens is 1. The lowest BCUT2D eigenvalue weighted by atomic mass is 10.0. The average Bonchev–Trinajstić information content (AvgIpc) is 3.09. The van der Waals surface area contributed by atoms with Gasteiger partial charge in [-0.25, -0.2) is 4.39 Å². The quantitative estimate of drug-likeness (QED) is 0.864. The van der Waals surface area contributed by atoms with E-state index < -0.39 is 6.10 Å². The Labute approximate surface area is 135 Å². The summed E-state index contributed by atoms with van der Waals surface area (Å²) in [5.74, 6) is 0.258. The van der Waals surface area contributed by atoms with Gasteiger partial charge in [0.2, 0.25) is 0 Å². The summed E-state index contributed by atoms with van der Waals surface area (Å²) in [5, 5.41) is 10.3. The maximum Gasteiger partial charge on any atom is 0.173 e. The molecule has 0 radical (unpaired) electrons. The van der Waals surface area contributed by atoms with E-state index in [0.717, 1.165) is 25.8 Å². The van der Waals surface area contributed by atoms with Gasteiger partial charge in [-0.2, -0.15) is 0 Å². The van der Waals surface area contributed by atoms with Gasteiger partial charge in [0.1, 0.15) is 24.3 Å². The van der Waals surface area contributed by atoms with E-state index in [-0.39, 0.29) is 24.8 Å². The van der Waals surface area contributed by atoms with Gasteiger partial charge in [-0.3, -0.25) is 4.90 Å². The fourth-order valence-electron chi connectivity index (χ4n) is 3.20. The summed E-state index contributed by atoms with van der Waals surface area (Å²) in [6.45, 7) is 2.92. The maximum absolute atomic E-state index is 12.9. The second-order valence-electron chi connectivity index (χ2n) is 6.09. The Morgan fingerprint density at radius 2 is 1.96 bits per heavy atom. The smallest absolute Gasteiger partial charge is 0.173 e. The van der Waals surface area contributed by atoms with Gasteiger partial charge in [-0.1, -0.05) is 6.42 Å². The molecular weight excluding hydrogens is 301 g/mol. The van der Waals surface area contributed by atoms with Gasteiger partial charge >= 0.3 is 0 Å². The van der Waals surface area contributed by atoms with Gasteiger partial charge in [0.05, 0.1) is 19.3 Å². The van der Waals surface area contributed by atoms with Crippen molar-refractivity contribution in [1.29, 1.82) is 0 Å². The van der Waals surface area contributed by atoms with E-state index in [9.17, 15) is 9.50 Å². The lowest BCUT2D eigenvalue weighted by molar-refractivity contribution is -0.115. The predicted molar refractivity (Wildman–Crippen MR) is 82.8 cm³/mol. The Morgan fingerprint density at radius 1 is 1.22 bits per heavy atom. The van der Waals surface area contributed by atoms with Crippen LogP contribution in [0, 0.1) is 5.82 Å². The lowest BCUT2D eigenvalue weighted by Crippen LogP contribution is -2.50. The number of aliphatic hydroxyl groups excluding tert-OH is 1. The number of nitrogens with zero attached hydrogens (tertiary/aromatic N) is 1. The molecule has 0 spiro atoms. The van der Waals surface area contributed by atoms with Crippen LogP contribution in [0.1, 0.15) is 19.3 Å². The molecule has 1 N–H and O–H groups in total. The van der Waals surface area contributed by atoms with Crippen molar-refractivity contribution in [2.24, 2.45) is 0 Å². The highest BCUT2D eigenvalue weighted by molar-refractivity contribution is 5.22. The number of ether oxygens (including phenoxy) is 3. The molecule has 2 saturated heterocycles. The van der Waals surface area contributed by atoms with Gasteiger partial charge in [0, 0.05) is 6.54 Å². The molecular formula is C17H24FNO4. The molecule has 0 bridgehead atoms. The first kappa shape index (κ1) is 16.6. The van der Waals surface area contributed by atoms with E-state index in [2.05, 4.69) is 4.90 Å². The molecule has 23 heavy (non-hydrogen) atoms. The normalized spacial score (nSPS) is 24.7. The fraction of sp³-hybridized carbons (Fsp3) is 0.647. The van der Waals surface area contributed by atoms with Crippen molar-refractivity contribution in [3.63, 3.8) is 0 Å². The van der Waals surface area contributed by atoms with Crippen molar-refractivity contribution in [3.8, 4) is 5.75 Å². The minimum absolute atomic E-state index is 0.180. The Bertz CT molecular complexity index is 478. The summed E-state index contributed by atoms with van der Waals surface area (Å²) >= 11 is 0. The molecule has 1 aromatic carbocycles. The van der Waals surface area contributed by atoms with Crippen LogP contribution >= 0.6 is 0 Å². The molecule has 5 nitrogen and oxygen atoms in total. The molecule has 2 heterocycles. The third kappa shape index (κ3) is 4.64. The van der Waals surface area contributed by atoms with E-state index in [0.29, 0.717) is 25.5 Å². The van der Waals surface area contributed by atoms with Crippen molar-refractivity contribution >= 4 is 0 Å². The van der Waals surface area contributed by atoms with Crippen LogP contribution in [0.2, 0.25) is 0 Å². The highest BCUT2D eigenvalue weighted by atomic mass is 19.1. The van der Waals surface area contributed by atoms with Crippen LogP contribution in [0.3, 0.4) is 0 Å². The van der Waals surface area contributed by atoms with Crippen molar-refractivity contribution in [2.45, 2.75) is 37.7 Å². The number of β-amino-alcohol motifs (C(OH)–C–C–N with tert-alkyl or cyclic N) is 1. The third-order valence-electron chi connectivity index (χ3n) is 4.33. The minimum atomic E-state index is -0.609. The molecule has 2 aliphatic rings. The second-order valence-corrected chi connectivity index (χ2v) is 6.09. The standard InChI is InChI=1S/C17H24FNO4/c18-13-4-6-15(7-5-13)23-12-14(20)11-19-8-2-1-3-16(19)17-21-9-10-22-17/h4-7,14,16-17,20H,1-3,8-12H2. The first-order valence-corrected chi connectivity index (χ1v) is 8.26. The Morgan fingerprint density at radius 3 is 2.70 bits per heavy atom. The van der Waals surface area contributed by atoms with E-state index in [1.807, 2.05) is 0 Å². The number of benzene rings is 1. The van der Waals surface area contributed by atoms with Crippen molar-refractivity contribution in [1.82, 2.24) is 4.90 Å². The third-order valence-corrected chi connectivity index (χ3v) is 4.33. The Balaban J connectivity index is 1.48. The maximum atomic E-state index is 12.9. The minimum Gasteiger partial charge on any atom is -0.491 e. The number of likely N-dealkylation sites (tertiary alicyclic amines) is 1. The van der Waals surface area contributed by atoms with Crippen LogP contribution in [0.5, 0.6) is 5.75 Å². The highest BCUT2D eigenvalue weighted by Crippen LogP contribution is 2.24. The number of hydrogen-bond acceptors (Lipinski definition) is 5. The zero-order chi connectivity index (χ0) is 16.1. The highest BCUT2D eigenvalue weighted by Gasteiger charge is 2.34. The van der Waals surface area contributed by atoms with Crippen LogP contribution in [-0.4, -0.2) is 61.4 Å². The first-order valence-electron chi connectivity index (χ1n) is 8.26. The van der Waals surface area contributed by atoms with E-state index in [1.165, 1.54) is 12.1 Å². The first-order chi connectivity index (χ1) is 11.2. The van der Waals surface area contributed by atoms with Gasteiger partial charge in [0.25, 0.3) is 0 Å². The fourth-order valence-corrected chi connectivity index (χ4v) is 3.20. The SMILES string of the molecule is OC(COc1ccc(F)cc1)CN1CCCCC1C1OCCO1. The van der Waals surface area contributed by atoms with E-state index in [1.54, 1.807) is 12.1 Å². The van der Waals surface area contributed by atoms with Crippen LogP contribution in [0.25, 0.3) is 0 Å². The largest absolute Gasteiger partial charge is 0.491 e. The van der Waals surface area contributed by atoms with Crippen LogP contribution < -0.4 is 4.74 Å². The molecule has 0 aliphatic carbocycles. The molecule has 2 atom stereocenters. The van der Waals surface area contributed by atoms with Crippen LogP contribution in [0.4, 0.5) is 4.39 Å². The zero-order valence-corrected chi connectivity index (χ0v) is 13.2. The summed E-state index contributed by atoms with van der Waals surface area (Å²) < 4.78 is 29.6. The molecule has 128 valence electrons. The summed E-state index contributed by atoms with van der Waals surface area (Å²) in [7, 11) is 0. The molecule has 6 heteroatoms. The molecule has 3 rings (SSSR count). The summed E-state index contributed by atoms with van der Waals surface area (Å²) in [6, 6.07) is 6.01. The Hall–Kier alpha value is -1.21. The average molecular weight is 325 g/mol. The van der Waals surface area contributed by atoms with Crippen molar-refractivity contribution < 1.29 is 23.7 Å². The molecule has 0 saturated carbocycles. The van der Waals surface area contributed by atoms with Crippen LogP contribution in [-0.2, 0) is 9.47 Å². The van der Waals surface area contributed by atoms with Crippen molar-refractivity contribution in [2.75, 3.05) is 32.9 Å². The number of rotatable bonds is 6. The molecule has 0 aromatic heterocycles. The molecule has 2 aliphatic heterocycles. The predicted octanol–water partition coefficient (Wildman–Crippen LogP) is 1.79. The van der Waals surface area contributed by atoms with E-state index >= 15 is 0 Å². The molecule has 2 fully saturated rings. The summed E-state index contributed by atoms with van der Waals surface area (Å²) in [5.41, 5.74) is 0. The second kappa shape index (κ2) is 8.06. The zero-order valence-electron chi connectivity index (χ0n) is 13.2. The number of aliphatic hydroxyl groups is 1. The monoisotopic (exact) mass is 325 g/mol. The summed E-state index contributed by atoms with van der Waals surface area (Å²) in [6.07, 6.45) is 2.51. The topological polar surface area (TPSA) is 51.2 Å².